The molecule has 0 bridgehead atoms. The van der Waals surface area contributed by atoms with Gasteiger partial charge in [-0.1, -0.05) is 27.7 Å². The number of nitrogens with one attached hydrogen (secondary N) is 1. The molecule has 0 heterocycles. The lowest BCUT2D eigenvalue weighted by molar-refractivity contribution is -0.122. The van der Waals surface area contributed by atoms with Crippen LogP contribution in [0.4, 0.5) is 0 Å². The van der Waals surface area contributed by atoms with Crippen molar-refractivity contribution < 1.29 is 4.79 Å². The molecule has 2 atom stereocenters. The molecule has 0 saturated heterocycles. The Morgan fingerprint density at radius 3 is 2.42 bits per heavy atom. The van der Waals surface area contributed by atoms with Crippen LogP contribution in [-0.4, -0.2) is 18.5 Å². The average Bonchev–Trinajstić information content (AvgIpc) is 2.32. The molecular weight excluding hydrogens is 236 g/mol. The maximum absolute atomic E-state index is 11.9. The Labute approximate surface area is 118 Å². The lowest BCUT2D eigenvalue weighted by Gasteiger charge is -2.30. The third kappa shape index (κ3) is 7.89. The van der Waals surface area contributed by atoms with Crippen LogP contribution in [0.25, 0.3) is 0 Å². The molecule has 0 radical (unpaired) electrons. The number of terminal acetylenes is 1. The van der Waals surface area contributed by atoms with E-state index in [1.54, 1.807) is 0 Å². The minimum Gasteiger partial charge on any atom is -0.352 e. The minimum atomic E-state index is 0.105. The van der Waals surface area contributed by atoms with Crippen molar-refractivity contribution in [1.82, 2.24) is 5.32 Å². The Hall–Kier alpha value is -1.01. The SMILES string of the molecule is C#CCC(CC)NC(=O)CCC(CCN)C(C)(C)C. The molecule has 0 aromatic rings. The molecule has 0 saturated carbocycles. The van der Waals surface area contributed by atoms with Gasteiger partial charge in [0.15, 0.2) is 0 Å². The second-order valence-electron chi connectivity index (χ2n) is 6.26. The maximum Gasteiger partial charge on any atom is 0.220 e. The predicted octanol–water partition coefficient (Wildman–Crippen LogP) is 2.70. The number of carbonyl (C=O) groups excluding carboxylic acids is 1. The molecule has 0 aliphatic rings. The van der Waals surface area contributed by atoms with E-state index >= 15 is 0 Å². The molecule has 0 fully saturated rings. The molecule has 1 amide bonds. The molecule has 110 valence electrons. The first-order valence-corrected chi connectivity index (χ1v) is 7.28. The Balaban J connectivity index is 4.22. The molecule has 2 unspecified atom stereocenters. The monoisotopic (exact) mass is 266 g/mol. The molecular formula is C16H30N2O. The van der Waals surface area contributed by atoms with E-state index in [1.807, 2.05) is 6.92 Å². The van der Waals surface area contributed by atoms with Crippen molar-refractivity contribution >= 4 is 5.91 Å². The van der Waals surface area contributed by atoms with Crippen LogP contribution in [0, 0.1) is 23.7 Å². The predicted molar refractivity (Wildman–Crippen MR) is 81.5 cm³/mol. The van der Waals surface area contributed by atoms with Crippen LogP contribution < -0.4 is 11.1 Å². The lowest BCUT2D eigenvalue weighted by Crippen LogP contribution is -2.35. The van der Waals surface area contributed by atoms with Crippen molar-refractivity contribution in [2.45, 2.75) is 65.8 Å². The van der Waals surface area contributed by atoms with Crippen molar-refractivity contribution in [2.75, 3.05) is 6.54 Å². The summed E-state index contributed by atoms with van der Waals surface area (Å²) in [6.45, 7) is 9.34. The van der Waals surface area contributed by atoms with Crippen LogP contribution in [0.15, 0.2) is 0 Å². The molecule has 0 aliphatic carbocycles. The summed E-state index contributed by atoms with van der Waals surface area (Å²) in [5.41, 5.74) is 5.85. The summed E-state index contributed by atoms with van der Waals surface area (Å²) in [7, 11) is 0. The fraction of sp³-hybridized carbons (Fsp3) is 0.812. The van der Waals surface area contributed by atoms with E-state index in [0.29, 0.717) is 25.3 Å². The Kier molecular flexibility index (Phi) is 8.51. The van der Waals surface area contributed by atoms with Gasteiger partial charge in [0.2, 0.25) is 5.91 Å². The molecule has 0 aliphatic heterocycles. The summed E-state index contributed by atoms with van der Waals surface area (Å²) in [6.07, 6.45) is 9.18. The summed E-state index contributed by atoms with van der Waals surface area (Å²) in [5, 5.41) is 3.00. The van der Waals surface area contributed by atoms with E-state index in [0.717, 1.165) is 19.3 Å². The number of carbonyl (C=O) groups is 1. The van der Waals surface area contributed by atoms with Gasteiger partial charge in [0, 0.05) is 18.9 Å². The van der Waals surface area contributed by atoms with Crippen molar-refractivity contribution in [1.29, 1.82) is 0 Å². The average molecular weight is 266 g/mol. The van der Waals surface area contributed by atoms with Crippen LogP contribution in [-0.2, 0) is 4.79 Å². The van der Waals surface area contributed by atoms with Crippen LogP contribution >= 0.6 is 0 Å². The Bertz CT molecular complexity index is 299. The number of amides is 1. The van der Waals surface area contributed by atoms with Crippen LogP contribution in [0.2, 0.25) is 0 Å². The van der Waals surface area contributed by atoms with Gasteiger partial charge in [-0.2, -0.15) is 0 Å². The summed E-state index contributed by atoms with van der Waals surface area (Å²) in [4.78, 5) is 11.9. The second-order valence-corrected chi connectivity index (χ2v) is 6.26. The zero-order chi connectivity index (χ0) is 14.9. The lowest BCUT2D eigenvalue weighted by atomic mass is 9.76. The minimum absolute atomic E-state index is 0.105. The topological polar surface area (TPSA) is 55.1 Å². The van der Waals surface area contributed by atoms with Crippen LogP contribution in [0.5, 0.6) is 0 Å². The number of nitrogens with two attached hydrogens (primary N) is 1. The molecule has 0 spiro atoms. The highest BCUT2D eigenvalue weighted by molar-refractivity contribution is 5.76. The summed E-state index contributed by atoms with van der Waals surface area (Å²) in [5.74, 6) is 3.19. The first kappa shape index (κ1) is 18.0. The van der Waals surface area contributed by atoms with Crippen molar-refractivity contribution in [3.05, 3.63) is 0 Å². The van der Waals surface area contributed by atoms with E-state index in [2.05, 4.69) is 32.0 Å². The van der Waals surface area contributed by atoms with Gasteiger partial charge in [0.05, 0.1) is 0 Å². The number of rotatable bonds is 8. The molecule has 0 aromatic carbocycles. The van der Waals surface area contributed by atoms with Gasteiger partial charge in [-0.15, -0.1) is 12.3 Å². The fourth-order valence-electron chi connectivity index (χ4n) is 2.26. The van der Waals surface area contributed by atoms with Gasteiger partial charge < -0.3 is 11.1 Å². The summed E-state index contributed by atoms with van der Waals surface area (Å²) >= 11 is 0. The van der Waals surface area contributed by atoms with E-state index < -0.39 is 0 Å². The van der Waals surface area contributed by atoms with Crippen LogP contribution in [0.1, 0.15) is 59.8 Å². The molecule has 19 heavy (non-hydrogen) atoms. The third-order valence-electron chi connectivity index (χ3n) is 3.68. The van der Waals surface area contributed by atoms with E-state index in [9.17, 15) is 4.79 Å². The largest absolute Gasteiger partial charge is 0.352 e. The van der Waals surface area contributed by atoms with E-state index in [-0.39, 0.29) is 17.4 Å². The quantitative estimate of drug-likeness (QED) is 0.664. The highest BCUT2D eigenvalue weighted by atomic mass is 16.1. The highest BCUT2D eigenvalue weighted by Crippen LogP contribution is 2.32. The maximum atomic E-state index is 11.9. The number of hydrogen-bond acceptors (Lipinski definition) is 2. The summed E-state index contributed by atoms with van der Waals surface area (Å²) < 4.78 is 0. The van der Waals surface area contributed by atoms with Gasteiger partial charge in [0.25, 0.3) is 0 Å². The molecule has 3 heteroatoms. The summed E-state index contributed by atoms with van der Waals surface area (Å²) in [6, 6.07) is 0.111. The van der Waals surface area contributed by atoms with Crippen molar-refractivity contribution in [3.63, 3.8) is 0 Å². The van der Waals surface area contributed by atoms with Crippen molar-refractivity contribution in [2.24, 2.45) is 17.1 Å². The standard InChI is InChI=1S/C16H30N2O/c1-6-8-14(7-2)18-15(19)10-9-13(11-12-17)16(3,4)5/h1,13-14H,7-12,17H2,2-5H3,(H,18,19). The first-order chi connectivity index (χ1) is 8.85. The van der Waals surface area contributed by atoms with E-state index in [4.69, 9.17) is 12.2 Å². The van der Waals surface area contributed by atoms with Gasteiger partial charge in [-0.3, -0.25) is 4.79 Å². The zero-order valence-corrected chi connectivity index (χ0v) is 13.0. The van der Waals surface area contributed by atoms with Crippen molar-refractivity contribution in [3.8, 4) is 12.3 Å². The number of hydrogen-bond donors (Lipinski definition) is 2. The van der Waals surface area contributed by atoms with Crippen LogP contribution in [0.3, 0.4) is 0 Å². The smallest absolute Gasteiger partial charge is 0.220 e. The molecule has 3 N–H and O–H groups in total. The second kappa shape index (κ2) is 8.98. The van der Waals surface area contributed by atoms with Gasteiger partial charge in [-0.05, 0) is 37.1 Å². The normalized spacial score (nSPS) is 14.5. The third-order valence-corrected chi connectivity index (χ3v) is 3.68. The van der Waals surface area contributed by atoms with Gasteiger partial charge >= 0.3 is 0 Å². The first-order valence-electron chi connectivity index (χ1n) is 7.28. The van der Waals surface area contributed by atoms with E-state index in [1.165, 1.54) is 0 Å². The Morgan fingerprint density at radius 2 is 2.00 bits per heavy atom. The molecule has 3 nitrogen and oxygen atoms in total. The fourth-order valence-corrected chi connectivity index (χ4v) is 2.26. The zero-order valence-electron chi connectivity index (χ0n) is 13.0. The highest BCUT2D eigenvalue weighted by Gasteiger charge is 2.24. The van der Waals surface area contributed by atoms with Gasteiger partial charge in [-0.25, -0.2) is 0 Å². The Morgan fingerprint density at radius 1 is 1.37 bits per heavy atom. The molecule has 0 rings (SSSR count). The molecule has 0 aromatic heterocycles. The van der Waals surface area contributed by atoms with Gasteiger partial charge in [0.1, 0.15) is 0 Å².